The molecule has 8 heteroatoms. The van der Waals surface area contributed by atoms with Gasteiger partial charge in [0, 0.05) is 23.9 Å². The van der Waals surface area contributed by atoms with E-state index >= 15 is 0 Å². The monoisotopic (exact) mass is 408 g/mol. The molecule has 0 radical (unpaired) electrons. The van der Waals surface area contributed by atoms with Crippen molar-refractivity contribution in [1.29, 1.82) is 0 Å². The molecule has 0 unspecified atom stereocenters. The Balaban J connectivity index is 1.47. The lowest BCUT2D eigenvalue weighted by Gasteiger charge is -2.11. The molecule has 0 aliphatic carbocycles. The molecule has 0 atom stereocenters. The van der Waals surface area contributed by atoms with E-state index in [2.05, 4.69) is 15.4 Å². The van der Waals surface area contributed by atoms with E-state index in [9.17, 15) is 14.4 Å². The van der Waals surface area contributed by atoms with Gasteiger partial charge in [0.05, 0.1) is 12.1 Å². The minimum absolute atomic E-state index is 0.0848. The van der Waals surface area contributed by atoms with Crippen LogP contribution in [0.3, 0.4) is 0 Å². The number of benzene rings is 1. The molecule has 0 fully saturated rings. The molecule has 0 spiro atoms. The van der Waals surface area contributed by atoms with Crippen molar-refractivity contribution in [3.63, 3.8) is 0 Å². The zero-order valence-corrected chi connectivity index (χ0v) is 17.3. The van der Waals surface area contributed by atoms with E-state index < -0.39 is 24.4 Å². The fourth-order valence-electron chi connectivity index (χ4n) is 3.27. The Hall–Kier alpha value is -3.55. The van der Waals surface area contributed by atoms with Crippen molar-refractivity contribution in [2.24, 2.45) is 0 Å². The summed E-state index contributed by atoms with van der Waals surface area (Å²) in [6.45, 7) is 5.23. The van der Waals surface area contributed by atoms with Crippen LogP contribution >= 0.6 is 0 Å². The number of aromatic nitrogens is 3. The van der Waals surface area contributed by atoms with Crippen molar-refractivity contribution in [2.75, 3.05) is 6.61 Å². The zero-order valence-electron chi connectivity index (χ0n) is 17.3. The lowest BCUT2D eigenvalue weighted by atomic mass is 10.1. The summed E-state index contributed by atoms with van der Waals surface area (Å²) in [5, 5.41) is 6.63. The van der Waals surface area contributed by atoms with Crippen molar-refractivity contribution in [3.05, 3.63) is 64.6 Å². The van der Waals surface area contributed by atoms with Gasteiger partial charge in [-0.15, -0.1) is 0 Å². The van der Waals surface area contributed by atoms with Gasteiger partial charge in [0.25, 0.3) is 5.91 Å². The Kier molecular flexibility index (Phi) is 6.56. The summed E-state index contributed by atoms with van der Waals surface area (Å²) < 4.78 is 6.76. The van der Waals surface area contributed by atoms with Gasteiger partial charge in [0.2, 0.25) is 5.91 Å². The number of fused-ring (bicyclic) bond motifs is 1. The second-order valence-corrected chi connectivity index (χ2v) is 7.11. The third kappa shape index (κ3) is 5.28. The SMILES string of the molecule is Cc1cc2nc(C)c(CCC(=O)OCC(=O)NC(=O)Cc3ccccc3)c(C)n2n1. The van der Waals surface area contributed by atoms with Gasteiger partial charge >= 0.3 is 5.97 Å². The number of ether oxygens (including phenoxy) is 1. The van der Waals surface area contributed by atoms with E-state index in [1.807, 2.05) is 45.0 Å². The summed E-state index contributed by atoms with van der Waals surface area (Å²) in [7, 11) is 0. The average molecular weight is 408 g/mol. The molecule has 3 rings (SSSR count). The van der Waals surface area contributed by atoms with Crippen LogP contribution in [0, 0.1) is 20.8 Å². The average Bonchev–Trinajstić information content (AvgIpc) is 3.07. The first-order valence-electron chi connectivity index (χ1n) is 9.68. The Morgan fingerprint density at radius 1 is 1.07 bits per heavy atom. The second-order valence-electron chi connectivity index (χ2n) is 7.11. The van der Waals surface area contributed by atoms with Crippen LogP contribution in [-0.2, 0) is 32.0 Å². The number of esters is 1. The maximum absolute atomic E-state index is 12.1. The first-order valence-corrected chi connectivity index (χ1v) is 9.68. The van der Waals surface area contributed by atoms with Gasteiger partial charge in [0.1, 0.15) is 0 Å². The molecule has 0 aliphatic rings. The van der Waals surface area contributed by atoms with E-state index in [1.165, 1.54) is 0 Å². The van der Waals surface area contributed by atoms with Crippen LogP contribution in [-0.4, -0.2) is 39.0 Å². The summed E-state index contributed by atoms with van der Waals surface area (Å²) in [5.74, 6) is -1.61. The highest BCUT2D eigenvalue weighted by Crippen LogP contribution is 2.17. The van der Waals surface area contributed by atoms with Gasteiger partial charge < -0.3 is 4.74 Å². The molecule has 0 saturated heterocycles. The lowest BCUT2D eigenvalue weighted by Crippen LogP contribution is -2.35. The molecule has 0 saturated carbocycles. The molecule has 1 aromatic carbocycles. The first-order chi connectivity index (χ1) is 14.3. The number of nitrogens with zero attached hydrogens (tertiary/aromatic N) is 3. The van der Waals surface area contributed by atoms with Crippen molar-refractivity contribution in [3.8, 4) is 0 Å². The largest absolute Gasteiger partial charge is 0.456 e. The number of amides is 2. The minimum Gasteiger partial charge on any atom is -0.456 e. The van der Waals surface area contributed by atoms with Crippen LogP contribution in [0.2, 0.25) is 0 Å². The molecule has 156 valence electrons. The van der Waals surface area contributed by atoms with Crippen molar-refractivity contribution in [2.45, 2.75) is 40.0 Å². The van der Waals surface area contributed by atoms with E-state index in [0.29, 0.717) is 6.42 Å². The summed E-state index contributed by atoms with van der Waals surface area (Å²) in [4.78, 5) is 40.3. The maximum Gasteiger partial charge on any atom is 0.306 e. The van der Waals surface area contributed by atoms with Gasteiger partial charge in [0.15, 0.2) is 12.3 Å². The minimum atomic E-state index is -0.647. The Morgan fingerprint density at radius 2 is 1.80 bits per heavy atom. The van der Waals surface area contributed by atoms with Gasteiger partial charge in [-0.2, -0.15) is 5.10 Å². The fraction of sp³-hybridized carbons (Fsp3) is 0.318. The third-order valence-electron chi connectivity index (χ3n) is 4.72. The molecule has 0 bridgehead atoms. The fourth-order valence-corrected chi connectivity index (χ4v) is 3.27. The number of carbonyl (C=O) groups excluding carboxylic acids is 3. The third-order valence-corrected chi connectivity index (χ3v) is 4.72. The molecule has 30 heavy (non-hydrogen) atoms. The van der Waals surface area contributed by atoms with E-state index in [-0.39, 0.29) is 12.8 Å². The molecule has 3 aromatic rings. The van der Waals surface area contributed by atoms with Crippen LogP contribution in [0.15, 0.2) is 36.4 Å². The van der Waals surface area contributed by atoms with Crippen molar-refractivity contribution < 1.29 is 19.1 Å². The molecule has 2 aromatic heterocycles. The summed E-state index contributed by atoms with van der Waals surface area (Å²) in [6.07, 6.45) is 0.606. The normalized spacial score (nSPS) is 10.8. The predicted octanol–water partition coefficient (Wildman–Crippen LogP) is 2.02. The summed E-state index contributed by atoms with van der Waals surface area (Å²) in [5.41, 5.74) is 5.10. The molecule has 2 heterocycles. The summed E-state index contributed by atoms with van der Waals surface area (Å²) >= 11 is 0. The predicted molar refractivity (Wildman–Crippen MR) is 110 cm³/mol. The second kappa shape index (κ2) is 9.30. The molecule has 1 N–H and O–H groups in total. The van der Waals surface area contributed by atoms with Crippen LogP contribution < -0.4 is 5.32 Å². The lowest BCUT2D eigenvalue weighted by molar-refractivity contribution is -0.149. The van der Waals surface area contributed by atoms with Crippen LogP contribution in [0.1, 0.15) is 34.6 Å². The molecular formula is C22H24N4O4. The number of nitrogens with one attached hydrogen (secondary N) is 1. The van der Waals surface area contributed by atoms with E-state index in [0.717, 1.165) is 33.9 Å². The van der Waals surface area contributed by atoms with Crippen LogP contribution in [0.25, 0.3) is 5.65 Å². The number of hydrogen-bond acceptors (Lipinski definition) is 6. The number of aryl methyl sites for hydroxylation is 3. The molecule has 8 nitrogen and oxygen atoms in total. The van der Waals surface area contributed by atoms with Gasteiger partial charge in [-0.3, -0.25) is 19.7 Å². The Bertz CT molecular complexity index is 1090. The molecule has 2 amide bonds. The molecular weight excluding hydrogens is 384 g/mol. The van der Waals surface area contributed by atoms with Crippen LogP contribution in [0.4, 0.5) is 0 Å². The highest BCUT2D eigenvalue weighted by Gasteiger charge is 2.15. The van der Waals surface area contributed by atoms with E-state index in [4.69, 9.17) is 4.74 Å². The van der Waals surface area contributed by atoms with E-state index in [1.54, 1.807) is 16.6 Å². The van der Waals surface area contributed by atoms with Gasteiger partial charge in [-0.1, -0.05) is 30.3 Å². The summed E-state index contributed by atoms with van der Waals surface area (Å²) in [6, 6.07) is 11.0. The zero-order chi connectivity index (χ0) is 21.7. The highest BCUT2D eigenvalue weighted by atomic mass is 16.5. The van der Waals surface area contributed by atoms with Gasteiger partial charge in [-0.05, 0) is 38.3 Å². The van der Waals surface area contributed by atoms with Gasteiger partial charge in [-0.25, -0.2) is 9.50 Å². The Labute approximate surface area is 174 Å². The number of carbonyl (C=O) groups is 3. The maximum atomic E-state index is 12.1. The van der Waals surface area contributed by atoms with Crippen molar-refractivity contribution >= 4 is 23.4 Å². The smallest absolute Gasteiger partial charge is 0.306 e. The number of imide groups is 1. The van der Waals surface area contributed by atoms with Crippen molar-refractivity contribution in [1.82, 2.24) is 19.9 Å². The Morgan fingerprint density at radius 3 is 2.53 bits per heavy atom. The highest BCUT2D eigenvalue weighted by molar-refractivity contribution is 5.97. The topological polar surface area (TPSA) is 103 Å². The quantitative estimate of drug-likeness (QED) is 0.600. The molecule has 0 aliphatic heterocycles. The first kappa shape index (κ1) is 21.2. The number of rotatable bonds is 7. The standard InChI is InChI=1S/C22H24N4O4/c1-14-11-19-23-15(2)18(16(3)26(19)25-14)9-10-22(29)30-13-21(28)24-20(27)12-17-7-5-4-6-8-17/h4-8,11H,9-10,12-13H2,1-3H3,(H,24,27,28). The van der Waals surface area contributed by atoms with Crippen LogP contribution in [0.5, 0.6) is 0 Å². The number of hydrogen-bond donors (Lipinski definition) is 1.